The van der Waals surface area contributed by atoms with Gasteiger partial charge in [-0.1, -0.05) is 36.4 Å². The number of para-hydroxylation sites is 2. The fourth-order valence-corrected chi connectivity index (χ4v) is 3.23. The first kappa shape index (κ1) is 16.4. The molecule has 0 spiro atoms. The molecule has 1 aliphatic rings. The predicted molar refractivity (Wildman–Crippen MR) is 92.1 cm³/mol. The molecule has 0 aromatic heterocycles. The number of nitrogens with zero attached hydrogens (tertiary/aromatic N) is 2. The van der Waals surface area contributed by atoms with Gasteiger partial charge in [0.2, 0.25) is 0 Å². The summed E-state index contributed by atoms with van der Waals surface area (Å²) in [5.41, 5.74) is 2.02. The van der Waals surface area contributed by atoms with Gasteiger partial charge in [0, 0.05) is 43.4 Å². The molecule has 0 aliphatic carbocycles. The summed E-state index contributed by atoms with van der Waals surface area (Å²) in [5.74, 6) is 0.846. The molecule has 126 valence electrons. The van der Waals surface area contributed by atoms with Crippen molar-refractivity contribution in [3.8, 4) is 5.75 Å². The van der Waals surface area contributed by atoms with Gasteiger partial charge in [-0.05, 0) is 6.07 Å². The molecular formula is C18H21N3O3. The number of rotatable bonds is 5. The van der Waals surface area contributed by atoms with Gasteiger partial charge < -0.3 is 10.1 Å². The van der Waals surface area contributed by atoms with Crippen LogP contribution in [0.2, 0.25) is 0 Å². The molecule has 0 saturated carbocycles. The van der Waals surface area contributed by atoms with Crippen molar-refractivity contribution in [3.05, 3.63) is 69.8 Å². The minimum absolute atomic E-state index is 0.120. The van der Waals surface area contributed by atoms with Crippen molar-refractivity contribution >= 4 is 5.69 Å². The van der Waals surface area contributed by atoms with Gasteiger partial charge in [-0.15, -0.1) is 0 Å². The number of nitro groups is 1. The molecule has 2 aromatic carbocycles. The molecular weight excluding hydrogens is 306 g/mol. The van der Waals surface area contributed by atoms with Crippen LogP contribution in [0.3, 0.4) is 0 Å². The van der Waals surface area contributed by atoms with Crippen molar-refractivity contribution in [1.29, 1.82) is 0 Å². The molecule has 1 saturated heterocycles. The van der Waals surface area contributed by atoms with Crippen LogP contribution in [0.25, 0.3) is 0 Å². The SMILES string of the molecule is COc1ccccc1C1CNCCN1Cc1ccccc1[N+](=O)[O-]. The Morgan fingerprint density at radius 3 is 2.79 bits per heavy atom. The first-order valence-electron chi connectivity index (χ1n) is 8.00. The molecule has 1 heterocycles. The van der Waals surface area contributed by atoms with E-state index in [0.29, 0.717) is 6.54 Å². The van der Waals surface area contributed by atoms with Crippen LogP contribution in [-0.2, 0) is 6.54 Å². The average Bonchev–Trinajstić information content (AvgIpc) is 2.62. The van der Waals surface area contributed by atoms with Crippen molar-refractivity contribution in [2.75, 3.05) is 26.7 Å². The molecule has 24 heavy (non-hydrogen) atoms. The molecule has 1 N–H and O–H groups in total. The molecule has 6 nitrogen and oxygen atoms in total. The first-order chi connectivity index (χ1) is 11.7. The Kier molecular flexibility index (Phi) is 5.08. The highest BCUT2D eigenvalue weighted by Crippen LogP contribution is 2.32. The fourth-order valence-electron chi connectivity index (χ4n) is 3.23. The van der Waals surface area contributed by atoms with Crippen molar-refractivity contribution in [1.82, 2.24) is 10.2 Å². The van der Waals surface area contributed by atoms with Crippen molar-refractivity contribution in [3.63, 3.8) is 0 Å². The Balaban J connectivity index is 1.90. The van der Waals surface area contributed by atoms with Crippen molar-refractivity contribution < 1.29 is 9.66 Å². The van der Waals surface area contributed by atoms with E-state index in [4.69, 9.17) is 4.74 Å². The van der Waals surface area contributed by atoms with Crippen LogP contribution in [-0.4, -0.2) is 36.6 Å². The molecule has 0 radical (unpaired) electrons. The molecule has 1 fully saturated rings. The van der Waals surface area contributed by atoms with Crippen molar-refractivity contribution in [2.45, 2.75) is 12.6 Å². The third-order valence-corrected chi connectivity index (χ3v) is 4.41. The molecule has 0 amide bonds. The van der Waals surface area contributed by atoms with E-state index in [0.717, 1.165) is 36.5 Å². The van der Waals surface area contributed by atoms with E-state index < -0.39 is 0 Å². The van der Waals surface area contributed by atoms with Gasteiger partial charge >= 0.3 is 0 Å². The summed E-state index contributed by atoms with van der Waals surface area (Å²) in [6, 6.07) is 15.0. The highest BCUT2D eigenvalue weighted by Gasteiger charge is 2.27. The van der Waals surface area contributed by atoms with Crippen LogP contribution >= 0.6 is 0 Å². The Morgan fingerprint density at radius 1 is 1.25 bits per heavy atom. The van der Waals surface area contributed by atoms with E-state index in [9.17, 15) is 10.1 Å². The van der Waals surface area contributed by atoms with E-state index in [1.54, 1.807) is 19.2 Å². The summed E-state index contributed by atoms with van der Waals surface area (Å²) < 4.78 is 5.50. The number of piperazine rings is 1. The minimum atomic E-state index is -0.310. The summed E-state index contributed by atoms with van der Waals surface area (Å²) in [5, 5.41) is 14.7. The molecule has 2 aromatic rings. The van der Waals surface area contributed by atoms with Gasteiger partial charge in [-0.2, -0.15) is 0 Å². The molecule has 3 rings (SSSR count). The lowest BCUT2D eigenvalue weighted by atomic mass is 10.0. The van der Waals surface area contributed by atoms with Crippen LogP contribution in [0.15, 0.2) is 48.5 Å². The third-order valence-electron chi connectivity index (χ3n) is 4.41. The summed E-state index contributed by atoms with van der Waals surface area (Å²) in [7, 11) is 1.67. The zero-order chi connectivity index (χ0) is 16.9. The second kappa shape index (κ2) is 7.42. The molecule has 1 unspecified atom stereocenters. The third kappa shape index (κ3) is 3.39. The minimum Gasteiger partial charge on any atom is -0.496 e. The molecule has 6 heteroatoms. The second-order valence-electron chi connectivity index (χ2n) is 5.82. The average molecular weight is 327 g/mol. The monoisotopic (exact) mass is 327 g/mol. The number of methoxy groups -OCH3 is 1. The summed E-state index contributed by atoms with van der Waals surface area (Å²) >= 11 is 0. The van der Waals surface area contributed by atoms with E-state index in [1.807, 2.05) is 30.3 Å². The quantitative estimate of drug-likeness (QED) is 0.675. The standard InChI is InChI=1S/C18H21N3O3/c1-24-18-9-5-3-7-15(18)17-12-19-10-11-20(17)13-14-6-2-4-8-16(14)21(22)23/h2-9,17,19H,10-13H2,1H3. The topological polar surface area (TPSA) is 67.6 Å². The van der Waals surface area contributed by atoms with Crippen LogP contribution in [0.1, 0.15) is 17.2 Å². The number of hydrogen-bond donors (Lipinski definition) is 1. The molecule has 1 atom stereocenters. The van der Waals surface area contributed by atoms with E-state index in [-0.39, 0.29) is 16.7 Å². The summed E-state index contributed by atoms with van der Waals surface area (Å²) in [6.45, 7) is 3.03. The largest absolute Gasteiger partial charge is 0.496 e. The Labute approximate surface area is 141 Å². The lowest BCUT2D eigenvalue weighted by molar-refractivity contribution is -0.385. The maximum absolute atomic E-state index is 11.3. The lowest BCUT2D eigenvalue weighted by Crippen LogP contribution is -2.45. The fraction of sp³-hybridized carbons (Fsp3) is 0.333. The van der Waals surface area contributed by atoms with E-state index in [1.165, 1.54) is 0 Å². The first-order valence-corrected chi connectivity index (χ1v) is 8.00. The van der Waals surface area contributed by atoms with Crippen LogP contribution in [0.5, 0.6) is 5.75 Å². The number of hydrogen-bond acceptors (Lipinski definition) is 5. The second-order valence-corrected chi connectivity index (χ2v) is 5.82. The molecule has 0 bridgehead atoms. The van der Waals surface area contributed by atoms with Crippen molar-refractivity contribution in [2.24, 2.45) is 0 Å². The smallest absolute Gasteiger partial charge is 0.273 e. The van der Waals surface area contributed by atoms with Gasteiger partial charge in [0.25, 0.3) is 5.69 Å². The highest BCUT2D eigenvalue weighted by molar-refractivity contribution is 5.41. The van der Waals surface area contributed by atoms with Crippen LogP contribution in [0, 0.1) is 10.1 Å². The zero-order valence-electron chi connectivity index (χ0n) is 13.6. The van der Waals surface area contributed by atoms with Gasteiger partial charge in [0.15, 0.2) is 0 Å². The molecule has 1 aliphatic heterocycles. The Hall–Kier alpha value is -2.44. The maximum Gasteiger partial charge on any atom is 0.273 e. The number of nitrogens with one attached hydrogen (secondary N) is 1. The summed E-state index contributed by atoms with van der Waals surface area (Å²) in [6.07, 6.45) is 0. The van der Waals surface area contributed by atoms with E-state index in [2.05, 4.69) is 16.3 Å². The van der Waals surface area contributed by atoms with Gasteiger partial charge in [-0.3, -0.25) is 15.0 Å². The van der Waals surface area contributed by atoms with Gasteiger partial charge in [0.1, 0.15) is 5.75 Å². The van der Waals surface area contributed by atoms with Crippen LogP contribution < -0.4 is 10.1 Å². The lowest BCUT2D eigenvalue weighted by Gasteiger charge is -2.37. The Morgan fingerprint density at radius 2 is 2.00 bits per heavy atom. The van der Waals surface area contributed by atoms with Gasteiger partial charge in [0.05, 0.1) is 18.1 Å². The zero-order valence-corrected chi connectivity index (χ0v) is 13.6. The number of benzene rings is 2. The highest BCUT2D eigenvalue weighted by atomic mass is 16.6. The van der Waals surface area contributed by atoms with Gasteiger partial charge in [-0.25, -0.2) is 0 Å². The van der Waals surface area contributed by atoms with Crippen LogP contribution in [0.4, 0.5) is 5.69 Å². The van der Waals surface area contributed by atoms with E-state index >= 15 is 0 Å². The Bertz CT molecular complexity index is 720. The normalized spacial score (nSPS) is 18.3. The maximum atomic E-state index is 11.3. The number of nitro benzene ring substituents is 1. The predicted octanol–water partition coefficient (Wildman–Crippen LogP) is 2.75. The summed E-state index contributed by atoms with van der Waals surface area (Å²) in [4.78, 5) is 13.2. The number of ether oxygens (including phenoxy) is 1.